The molecule has 0 radical (unpaired) electrons. The van der Waals surface area contributed by atoms with Crippen LogP contribution in [-0.4, -0.2) is 30.4 Å². The van der Waals surface area contributed by atoms with E-state index in [1.165, 1.54) is 18.2 Å². The number of phenols is 1. The Hall–Kier alpha value is -1.26. The number of halogens is 1. The molecule has 0 aromatic heterocycles. The van der Waals surface area contributed by atoms with Crippen molar-refractivity contribution in [2.45, 2.75) is 6.10 Å². The van der Waals surface area contributed by atoms with Crippen molar-refractivity contribution < 1.29 is 19.4 Å². The molecule has 0 saturated carbocycles. The molecule has 1 aromatic carbocycles. The summed E-state index contributed by atoms with van der Waals surface area (Å²) in [6.07, 6.45) is 0.00952. The standard InChI is InChI=1S/C10H9ClO4/c11-6-1-2-9(12)8(3-6)10(13)15-5-7-4-14-7/h1-3,7,12H,4-5H2. The normalized spacial score (nSPS) is 18.6. The van der Waals surface area contributed by atoms with Crippen LogP contribution < -0.4 is 0 Å². The zero-order valence-electron chi connectivity index (χ0n) is 7.77. The Balaban J connectivity index is 2.05. The minimum atomic E-state index is -0.592. The average molecular weight is 229 g/mol. The minimum absolute atomic E-state index is 0.00952. The van der Waals surface area contributed by atoms with Crippen molar-refractivity contribution in [1.82, 2.24) is 0 Å². The summed E-state index contributed by atoms with van der Waals surface area (Å²) in [6.45, 7) is 0.833. The number of esters is 1. The molecule has 0 bridgehead atoms. The van der Waals surface area contributed by atoms with Crippen molar-refractivity contribution in [3.8, 4) is 5.75 Å². The Morgan fingerprint density at radius 2 is 2.40 bits per heavy atom. The van der Waals surface area contributed by atoms with Crippen molar-refractivity contribution in [3.05, 3.63) is 28.8 Å². The Labute approximate surface area is 91.4 Å². The summed E-state index contributed by atoms with van der Waals surface area (Å²) in [6, 6.07) is 4.22. The maximum absolute atomic E-state index is 11.5. The van der Waals surface area contributed by atoms with Gasteiger partial charge in [-0.25, -0.2) is 4.79 Å². The van der Waals surface area contributed by atoms with E-state index >= 15 is 0 Å². The van der Waals surface area contributed by atoms with Crippen LogP contribution in [0, 0.1) is 0 Å². The average Bonchev–Trinajstić information content (AvgIpc) is 3.02. The second-order valence-corrected chi connectivity index (χ2v) is 3.65. The van der Waals surface area contributed by atoms with E-state index in [2.05, 4.69) is 0 Å². The monoisotopic (exact) mass is 228 g/mol. The highest BCUT2D eigenvalue weighted by molar-refractivity contribution is 6.31. The number of aromatic hydroxyl groups is 1. The number of hydrogen-bond donors (Lipinski definition) is 1. The van der Waals surface area contributed by atoms with E-state index in [-0.39, 0.29) is 24.0 Å². The molecule has 1 unspecified atom stereocenters. The second-order valence-electron chi connectivity index (χ2n) is 3.22. The summed E-state index contributed by atoms with van der Waals surface area (Å²) in [5.74, 6) is -0.730. The van der Waals surface area contributed by atoms with Crippen molar-refractivity contribution in [2.75, 3.05) is 13.2 Å². The first-order chi connectivity index (χ1) is 7.16. The van der Waals surface area contributed by atoms with Gasteiger partial charge in [-0.05, 0) is 18.2 Å². The number of phenolic OH excluding ortho intramolecular Hbond substituents is 1. The molecular weight excluding hydrogens is 220 g/mol. The van der Waals surface area contributed by atoms with E-state index in [9.17, 15) is 9.90 Å². The van der Waals surface area contributed by atoms with Crippen LogP contribution in [0.15, 0.2) is 18.2 Å². The summed E-state index contributed by atoms with van der Waals surface area (Å²) >= 11 is 5.69. The van der Waals surface area contributed by atoms with E-state index < -0.39 is 5.97 Å². The van der Waals surface area contributed by atoms with Gasteiger partial charge in [0.15, 0.2) is 0 Å². The summed E-state index contributed by atoms with van der Waals surface area (Å²) < 4.78 is 9.79. The predicted molar refractivity (Wildman–Crippen MR) is 53.1 cm³/mol. The Bertz CT molecular complexity index is 387. The third kappa shape index (κ3) is 2.61. The molecule has 15 heavy (non-hydrogen) atoms. The number of carbonyl (C=O) groups excluding carboxylic acids is 1. The van der Waals surface area contributed by atoms with Gasteiger partial charge in [0.1, 0.15) is 24.0 Å². The Morgan fingerprint density at radius 1 is 1.67 bits per heavy atom. The molecule has 1 aliphatic heterocycles. The molecule has 0 amide bonds. The van der Waals surface area contributed by atoms with Crippen molar-refractivity contribution in [1.29, 1.82) is 0 Å². The molecule has 2 rings (SSSR count). The number of benzene rings is 1. The van der Waals surface area contributed by atoms with E-state index in [1.807, 2.05) is 0 Å². The van der Waals surface area contributed by atoms with Crippen molar-refractivity contribution >= 4 is 17.6 Å². The van der Waals surface area contributed by atoms with Crippen LogP contribution in [0.4, 0.5) is 0 Å². The van der Waals surface area contributed by atoms with Crippen LogP contribution in [0.2, 0.25) is 5.02 Å². The van der Waals surface area contributed by atoms with Gasteiger partial charge in [-0.3, -0.25) is 0 Å². The van der Waals surface area contributed by atoms with Gasteiger partial charge in [-0.1, -0.05) is 11.6 Å². The Kier molecular flexibility index (Phi) is 2.79. The van der Waals surface area contributed by atoms with E-state index in [0.717, 1.165) is 0 Å². The Morgan fingerprint density at radius 3 is 3.07 bits per heavy atom. The lowest BCUT2D eigenvalue weighted by atomic mass is 10.2. The first-order valence-corrected chi connectivity index (χ1v) is 4.82. The third-order valence-electron chi connectivity index (χ3n) is 1.98. The molecular formula is C10H9ClO4. The number of carbonyl (C=O) groups is 1. The molecule has 1 heterocycles. The van der Waals surface area contributed by atoms with Crippen molar-refractivity contribution in [2.24, 2.45) is 0 Å². The highest BCUT2D eigenvalue weighted by Crippen LogP contribution is 2.22. The number of hydrogen-bond acceptors (Lipinski definition) is 4. The molecule has 1 saturated heterocycles. The number of rotatable bonds is 3. The molecule has 1 N–H and O–H groups in total. The molecule has 1 aliphatic rings. The summed E-state index contributed by atoms with van der Waals surface area (Å²) in [7, 11) is 0. The summed E-state index contributed by atoms with van der Waals surface area (Å²) in [5, 5.41) is 9.77. The zero-order valence-corrected chi connectivity index (χ0v) is 8.53. The SMILES string of the molecule is O=C(OCC1CO1)c1cc(Cl)ccc1O. The fraction of sp³-hybridized carbons (Fsp3) is 0.300. The topological polar surface area (TPSA) is 59.1 Å². The highest BCUT2D eigenvalue weighted by Gasteiger charge is 2.25. The molecule has 5 heteroatoms. The van der Waals surface area contributed by atoms with Crippen LogP contribution in [0.25, 0.3) is 0 Å². The largest absolute Gasteiger partial charge is 0.507 e. The predicted octanol–water partition coefficient (Wildman–Crippen LogP) is 1.60. The fourth-order valence-corrected chi connectivity index (χ4v) is 1.25. The molecule has 0 spiro atoms. The minimum Gasteiger partial charge on any atom is -0.507 e. The van der Waals surface area contributed by atoms with Crippen molar-refractivity contribution in [3.63, 3.8) is 0 Å². The molecule has 1 fully saturated rings. The van der Waals surface area contributed by atoms with E-state index in [0.29, 0.717) is 11.6 Å². The summed E-state index contributed by atoms with van der Waals surface area (Å²) in [4.78, 5) is 11.5. The van der Waals surface area contributed by atoms with Gasteiger partial charge in [-0.15, -0.1) is 0 Å². The lowest BCUT2D eigenvalue weighted by Crippen LogP contribution is -2.10. The van der Waals surface area contributed by atoms with Gasteiger partial charge in [0.05, 0.1) is 6.61 Å². The molecule has 4 nitrogen and oxygen atoms in total. The third-order valence-corrected chi connectivity index (χ3v) is 2.22. The van der Waals surface area contributed by atoms with Crippen LogP contribution in [0.3, 0.4) is 0 Å². The first-order valence-electron chi connectivity index (χ1n) is 4.44. The quantitative estimate of drug-likeness (QED) is 0.631. The van der Waals surface area contributed by atoms with Gasteiger partial charge in [0, 0.05) is 5.02 Å². The maximum Gasteiger partial charge on any atom is 0.342 e. The second kappa shape index (κ2) is 4.08. The van der Waals surface area contributed by atoms with Crippen LogP contribution in [-0.2, 0) is 9.47 Å². The summed E-state index contributed by atoms with van der Waals surface area (Å²) in [5.41, 5.74) is 0.0724. The molecule has 0 aliphatic carbocycles. The van der Waals surface area contributed by atoms with Gasteiger partial charge >= 0.3 is 5.97 Å². The maximum atomic E-state index is 11.5. The van der Waals surface area contributed by atoms with Gasteiger partial charge in [0.25, 0.3) is 0 Å². The van der Waals surface area contributed by atoms with E-state index in [1.54, 1.807) is 0 Å². The lowest BCUT2D eigenvalue weighted by molar-refractivity contribution is 0.0473. The smallest absolute Gasteiger partial charge is 0.342 e. The van der Waals surface area contributed by atoms with Gasteiger partial charge in [0.2, 0.25) is 0 Å². The van der Waals surface area contributed by atoms with E-state index in [4.69, 9.17) is 21.1 Å². The molecule has 80 valence electrons. The lowest BCUT2D eigenvalue weighted by Gasteiger charge is -2.04. The number of ether oxygens (including phenoxy) is 2. The van der Waals surface area contributed by atoms with Crippen LogP contribution in [0.1, 0.15) is 10.4 Å². The highest BCUT2D eigenvalue weighted by atomic mass is 35.5. The molecule has 1 atom stereocenters. The zero-order chi connectivity index (χ0) is 10.8. The van der Waals surface area contributed by atoms with Gasteiger partial charge in [-0.2, -0.15) is 0 Å². The van der Waals surface area contributed by atoms with Crippen LogP contribution >= 0.6 is 11.6 Å². The van der Waals surface area contributed by atoms with Gasteiger partial charge < -0.3 is 14.6 Å². The molecule has 1 aromatic rings. The first kappa shape index (κ1) is 10.3. The van der Waals surface area contributed by atoms with Crippen LogP contribution in [0.5, 0.6) is 5.75 Å². The fourth-order valence-electron chi connectivity index (χ4n) is 1.08. The number of epoxide rings is 1.